The van der Waals surface area contributed by atoms with Crippen molar-refractivity contribution in [3.63, 3.8) is 0 Å². The molecule has 0 saturated heterocycles. The molecular weight excluding hydrogens is 292 g/mol. The van der Waals surface area contributed by atoms with Gasteiger partial charge >= 0.3 is 0 Å². The molecule has 2 aromatic rings. The number of nitrogens with zero attached hydrogens (tertiary/aromatic N) is 1. The van der Waals surface area contributed by atoms with Gasteiger partial charge in [0.2, 0.25) is 10.0 Å². The molecule has 0 fully saturated rings. The van der Waals surface area contributed by atoms with Crippen LogP contribution in [0.25, 0.3) is 0 Å². The summed E-state index contributed by atoms with van der Waals surface area (Å²) in [6, 6.07) is 8.05. The average Bonchev–Trinajstić information content (AvgIpc) is 2.48. The number of aromatic nitrogens is 1. The molecule has 7 heteroatoms. The van der Waals surface area contributed by atoms with Crippen molar-refractivity contribution >= 4 is 15.7 Å². The highest BCUT2D eigenvalue weighted by Crippen LogP contribution is 2.34. The van der Waals surface area contributed by atoms with Crippen molar-refractivity contribution in [2.24, 2.45) is 0 Å². The van der Waals surface area contributed by atoms with Crippen LogP contribution in [0.1, 0.15) is 5.56 Å². The number of rotatable bonds is 6. The molecule has 6 nitrogen and oxygen atoms in total. The summed E-state index contributed by atoms with van der Waals surface area (Å²) in [5, 5.41) is 9.76. The van der Waals surface area contributed by atoms with E-state index in [0.29, 0.717) is 6.42 Å². The number of anilines is 1. The molecule has 0 radical (unpaired) electrons. The first kappa shape index (κ1) is 15.1. The molecule has 0 saturated carbocycles. The summed E-state index contributed by atoms with van der Waals surface area (Å²) in [5.41, 5.74) is 0.925. The van der Waals surface area contributed by atoms with E-state index in [-0.39, 0.29) is 22.9 Å². The van der Waals surface area contributed by atoms with E-state index in [4.69, 9.17) is 4.74 Å². The summed E-state index contributed by atoms with van der Waals surface area (Å²) in [6.07, 6.45) is 3.58. The quantitative estimate of drug-likeness (QED) is 0.794. The van der Waals surface area contributed by atoms with Gasteiger partial charge in [0, 0.05) is 12.4 Å². The molecule has 0 aliphatic rings. The second-order valence-electron chi connectivity index (χ2n) is 4.38. The number of hydrogen-bond acceptors (Lipinski definition) is 5. The number of sulfonamides is 1. The minimum Gasteiger partial charge on any atom is -0.506 e. The monoisotopic (exact) mass is 308 g/mol. The van der Waals surface area contributed by atoms with Crippen LogP contribution >= 0.6 is 0 Å². The molecule has 2 N–H and O–H groups in total. The largest absolute Gasteiger partial charge is 0.506 e. The minimum atomic E-state index is -3.60. The second-order valence-corrected chi connectivity index (χ2v) is 6.22. The number of para-hydroxylation sites is 1. The molecule has 0 aliphatic heterocycles. The number of methoxy groups -OCH3 is 1. The van der Waals surface area contributed by atoms with Gasteiger partial charge in [-0.25, -0.2) is 8.42 Å². The number of hydrogen-bond donors (Lipinski definition) is 2. The van der Waals surface area contributed by atoms with Crippen molar-refractivity contribution in [3.8, 4) is 11.5 Å². The smallest absolute Gasteiger partial charge is 0.233 e. The summed E-state index contributed by atoms with van der Waals surface area (Å²) in [4.78, 5) is 3.88. The molecule has 112 valence electrons. The van der Waals surface area contributed by atoms with Crippen molar-refractivity contribution in [2.75, 3.05) is 17.6 Å². The highest BCUT2D eigenvalue weighted by molar-refractivity contribution is 7.92. The third-order valence-electron chi connectivity index (χ3n) is 2.89. The molecule has 21 heavy (non-hydrogen) atoms. The lowest BCUT2D eigenvalue weighted by molar-refractivity contribution is 0.411. The highest BCUT2D eigenvalue weighted by Gasteiger charge is 2.16. The van der Waals surface area contributed by atoms with E-state index in [2.05, 4.69) is 9.71 Å². The Balaban J connectivity index is 2.11. The lowest BCUT2D eigenvalue weighted by Gasteiger charge is -2.13. The molecule has 1 aromatic carbocycles. The number of nitrogens with one attached hydrogen (secondary N) is 1. The zero-order valence-electron chi connectivity index (χ0n) is 11.5. The van der Waals surface area contributed by atoms with E-state index in [1.165, 1.54) is 13.2 Å². The predicted octanol–water partition coefficient (Wildman–Crippen LogP) is 1.78. The standard InChI is InChI=1S/C14H16N2O4S/c1-20-13-4-2-3-12(17)14(13)16-21(18,19)10-7-11-5-8-15-9-6-11/h2-6,8-9,16-17H,7,10H2,1H3. The number of benzene rings is 1. The SMILES string of the molecule is COc1cccc(O)c1NS(=O)(=O)CCc1ccncc1. The van der Waals surface area contributed by atoms with Crippen molar-refractivity contribution in [3.05, 3.63) is 48.3 Å². The Hall–Kier alpha value is -2.28. The third-order valence-corrected chi connectivity index (χ3v) is 4.15. The molecule has 0 aliphatic carbocycles. The maximum absolute atomic E-state index is 12.1. The van der Waals surface area contributed by atoms with Crippen LogP contribution in [0.3, 0.4) is 0 Å². The van der Waals surface area contributed by atoms with E-state index in [1.807, 2.05) is 0 Å². The van der Waals surface area contributed by atoms with Gasteiger partial charge in [-0.05, 0) is 36.2 Å². The summed E-state index contributed by atoms with van der Waals surface area (Å²) in [5.74, 6) is -0.0153. The Morgan fingerprint density at radius 3 is 2.62 bits per heavy atom. The second kappa shape index (κ2) is 6.45. The van der Waals surface area contributed by atoms with E-state index in [9.17, 15) is 13.5 Å². The van der Waals surface area contributed by atoms with E-state index >= 15 is 0 Å². The fourth-order valence-electron chi connectivity index (χ4n) is 1.80. The maximum Gasteiger partial charge on any atom is 0.233 e. The predicted molar refractivity (Wildman–Crippen MR) is 80.0 cm³/mol. The fraction of sp³-hybridized carbons (Fsp3) is 0.214. The Labute approximate surface area is 123 Å². The number of ether oxygens (including phenoxy) is 1. The Morgan fingerprint density at radius 1 is 1.24 bits per heavy atom. The molecule has 0 bridgehead atoms. The fourth-order valence-corrected chi connectivity index (χ4v) is 2.92. The van der Waals surface area contributed by atoms with Crippen LogP contribution in [0.15, 0.2) is 42.7 Å². The zero-order valence-corrected chi connectivity index (χ0v) is 12.3. The van der Waals surface area contributed by atoms with Gasteiger partial charge < -0.3 is 9.84 Å². The first-order valence-electron chi connectivity index (χ1n) is 6.27. The first-order chi connectivity index (χ1) is 10.0. The molecule has 0 unspecified atom stereocenters. The Kier molecular flexibility index (Phi) is 4.64. The van der Waals surface area contributed by atoms with Gasteiger partial charge in [-0.2, -0.15) is 0 Å². The number of pyridine rings is 1. The topological polar surface area (TPSA) is 88.5 Å². The number of aromatic hydroxyl groups is 1. The lowest BCUT2D eigenvalue weighted by atomic mass is 10.2. The van der Waals surface area contributed by atoms with E-state index < -0.39 is 10.0 Å². The summed E-state index contributed by atoms with van der Waals surface area (Å²) >= 11 is 0. The van der Waals surface area contributed by atoms with Gasteiger partial charge in [-0.1, -0.05) is 6.07 Å². The van der Waals surface area contributed by atoms with Gasteiger partial charge in [-0.3, -0.25) is 9.71 Å². The van der Waals surface area contributed by atoms with Crippen LogP contribution in [0.2, 0.25) is 0 Å². The summed E-state index contributed by atoms with van der Waals surface area (Å²) in [7, 11) is -2.19. The molecular formula is C14H16N2O4S. The van der Waals surface area contributed by atoms with Crippen molar-refractivity contribution in [1.29, 1.82) is 0 Å². The average molecular weight is 308 g/mol. The first-order valence-corrected chi connectivity index (χ1v) is 7.92. The van der Waals surface area contributed by atoms with Crippen LogP contribution in [-0.2, 0) is 16.4 Å². The Bertz CT molecular complexity index is 702. The van der Waals surface area contributed by atoms with Crippen LogP contribution in [0.5, 0.6) is 11.5 Å². The lowest BCUT2D eigenvalue weighted by Crippen LogP contribution is -2.18. The Morgan fingerprint density at radius 2 is 1.95 bits per heavy atom. The van der Waals surface area contributed by atoms with Gasteiger partial charge in [0.15, 0.2) is 0 Å². The van der Waals surface area contributed by atoms with Gasteiger partial charge in [0.05, 0.1) is 12.9 Å². The summed E-state index contributed by atoms with van der Waals surface area (Å²) in [6.45, 7) is 0. The molecule has 0 atom stereocenters. The minimum absolute atomic E-state index is 0.0507. The maximum atomic E-state index is 12.1. The normalized spacial score (nSPS) is 11.1. The van der Waals surface area contributed by atoms with Crippen molar-refractivity contribution in [2.45, 2.75) is 6.42 Å². The van der Waals surface area contributed by atoms with Crippen LogP contribution in [0, 0.1) is 0 Å². The van der Waals surface area contributed by atoms with E-state index in [0.717, 1.165) is 5.56 Å². The van der Waals surface area contributed by atoms with Crippen LogP contribution in [0.4, 0.5) is 5.69 Å². The van der Waals surface area contributed by atoms with Gasteiger partial charge in [0.25, 0.3) is 0 Å². The molecule has 0 amide bonds. The zero-order chi connectivity index (χ0) is 15.3. The number of phenolic OH excluding ortho intramolecular Hbond substituents is 1. The van der Waals surface area contributed by atoms with E-state index in [1.54, 1.807) is 36.7 Å². The number of phenols is 1. The van der Waals surface area contributed by atoms with Crippen LogP contribution < -0.4 is 9.46 Å². The van der Waals surface area contributed by atoms with Crippen LogP contribution in [-0.4, -0.2) is 31.4 Å². The highest BCUT2D eigenvalue weighted by atomic mass is 32.2. The molecule has 0 spiro atoms. The van der Waals surface area contributed by atoms with Gasteiger partial charge in [0.1, 0.15) is 17.2 Å². The van der Waals surface area contributed by atoms with Crippen molar-refractivity contribution in [1.82, 2.24) is 4.98 Å². The third kappa shape index (κ3) is 4.09. The summed E-state index contributed by atoms with van der Waals surface area (Å²) < 4.78 is 31.6. The van der Waals surface area contributed by atoms with Gasteiger partial charge in [-0.15, -0.1) is 0 Å². The number of aryl methyl sites for hydroxylation is 1. The van der Waals surface area contributed by atoms with Crippen molar-refractivity contribution < 1.29 is 18.3 Å². The molecule has 1 heterocycles. The molecule has 2 rings (SSSR count). The molecule has 1 aromatic heterocycles.